The molecule has 0 aliphatic heterocycles. The minimum Gasteiger partial charge on any atom is -0.356 e. The zero-order chi connectivity index (χ0) is 21.1. The first-order valence-electron chi connectivity index (χ1n) is 9.64. The Hall–Kier alpha value is -3.35. The number of amides is 2. The molecule has 2 aromatic carbocycles. The topological polar surface area (TPSA) is 94.6 Å². The van der Waals surface area contributed by atoms with Crippen LogP contribution in [0.15, 0.2) is 53.5 Å². The van der Waals surface area contributed by atoms with Crippen LogP contribution in [-0.4, -0.2) is 45.0 Å². The molecule has 0 atom stereocenters. The van der Waals surface area contributed by atoms with Crippen LogP contribution in [0.2, 0.25) is 0 Å². The maximum Gasteiger partial charge on any atom is 0.251 e. The molecule has 0 saturated carbocycles. The Kier molecular flexibility index (Phi) is 8.69. The molecule has 154 valence electrons. The van der Waals surface area contributed by atoms with Gasteiger partial charge in [-0.25, -0.2) is 0 Å². The van der Waals surface area contributed by atoms with Crippen LogP contribution in [0.3, 0.4) is 0 Å². The van der Waals surface area contributed by atoms with Crippen LogP contribution < -0.4 is 21.3 Å². The molecule has 0 aromatic heterocycles. The average molecular weight is 396 g/mol. The van der Waals surface area contributed by atoms with Crippen molar-refractivity contribution in [2.45, 2.75) is 19.8 Å². The summed E-state index contributed by atoms with van der Waals surface area (Å²) in [5, 5.41) is 12.0. The van der Waals surface area contributed by atoms with Crippen LogP contribution in [0.1, 0.15) is 28.4 Å². The van der Waals surface area contributed by atoms with E-state index in [1.807, 2.05) is 42.5 Å². The molecule has 2 aromatic rings. The Balaban J connectivity index is 1.74. The fraction of sp³-hybridized carbons (Fsp3) is 0.318. The van der Waals surface area contributed by atoms with Crippen molar-refractivity contribution in [1.82, 2.24) is 16.0 Å². The number of guanidine groups is 1. The molecule has 7 heteroatoms. The molecule has 0 bridgehead atoms. The lowest BCUT2D eigenvalue weighted by Gasteiger charge is -2.12. The summed E-state index contributed by atoms with van der Waals surface area (Å²) in [6.45, 7) is 2.95. The van der Waals surface area contributed by atoms with Gasteiger partial charge in [-0.05, 0) is 48.2 Å². The van der Waals surface area contributed by atoms with Gasteiger partial charge >= 0.3 is 0 Å². The number of anilines is 1. The van der Waals surface area contributed by atoms with Crippen LogP contribution >= 0.6 is 0 Å². The van der Waals surface area contributed by atoms with Crippen molar-refractivity contribution in [3.05, 3.63) is 65.2 Å². The van der Waals surface area contributed by atoms with Crippen LogP contribution in [0.4, 0.5) is 5.69 Å². The SMILES string of the molecule is CN=C(NCCc1ccc(NC(C)=O)cc1)NCCc1cccc(C(=O)NC)c1. The summed E-state index contributed by atoms with van der Waals surface area (Å²) in [6, 6.07) is 15.4. The molecule has 0 saturated heterocycles. The lowest BCUT2D eigenvalue weighted by molar-refractivity contribution is -0.114. The van der Waals surface area contributed by atoms with Gasteiger partial charge in [-0.2, -0.15) is 0 Å². The summed E-state index contributed by atoms with van der Waals surface area (Å²) < 4.78 is 0. The minimum atomic E-state index is -0.0811. The van der Waals surface area contributed by atoms with Crippen molar-refractivity contribution < 1.29 is 9.59 Å². The van der Waals surface area contributed by atoms with Crippen molar-refractivity contribution in [3.63, 3.8) is 0 Å². The lowest BCUT2D eigenvalue weighted by Crippen LogP contribution is -2.39. The van der Waals surface area contributed by atoms with E-state index in [-0.39, 0.29) is 11.8 Å². The fourth-order valence-electron chi connectivity index (χ4n) is 2.84. The van der Waals surface area contributed by atoms with E-state index in [1.54, 1.807) is 20.2 Å². The molecule has 0 spiro atoms. The van der Waals surface area contributed by atoms with E-state index >= 15 is 0 Å². The zero-order valence-electron chi connectivity index (χ0n) is 17.2. The number of nitrogens with zero attached hydrogens (tertiary/aromatic N) is 1. The van der Waals surface area contributed by atoms with E-state index in [0.717, 1.165) is 36.6 Å². The van der Waals surface area contributed by atoms with Crippen molar-refractivity contribution in [1.29, 1.82) is 0 Å². The largest absolute Gasteiger partial charge is 0.356 e. The maximum atomic E-state index is 11.7. The van der Waals surface area contributed by atoms with Crippen LogP contribution in [0.5, 0.6) is 0 Å². The second-order valence-electron chi connectivity index (χ2n) is 6.58. The van der Waals surface area contributed by atoms with E-state index < -0.39 is 0 Å². The van der Waals surface area contributed by atoms with Gasteiger partial charge in [0.2, 0.25) is 5.91 Å². The highest BCUT2D eigenvalue weighted by Gasteiger charge is 2.04. The van der Waals surface area contributed by atoms with Gasteiger partial charge in [0.1, 0.15) is 0 Å². The molecule has 4 N–H and O–H groups in total. The smallest absolute Gasteiger partial charge is 0.251 e. The number of hydrogen-bond donors (Lipinski definition) is 4. The summed E-state index contributed by atoms with van der Waals surface area (Å²) >= 11 is 0. The third-order valence-corrected chi connectivity index (χ3v) is 4.33. The van der Waals surface area contributed by atoms with Gasteiger partial charge in [0.15, 0.2) is 5.96 Å². The number of carbonyl (C=O) groups is 2. The van der Waals surface area contributed by atoms with Gasteiger partial charge in [-0.1, -0.05) is 24.3 Å². The highest BCUT2D eigenvalue weighted by Crippen LogP contribution is 2.09. The molecule has 0 heterocycles. The summed E-state index contributed by atoms with van der Waals surface area (Å²) in [4.78, 5) is 27.0. The number of nitrogens with one attached hydrogen (secondary N) is 4. The Morgan fingerprint density at radius 2 is 1.59 bits per heavy atom. The molecule has 0 fully saturated rings. The predicted octanol–water partition coefficient (Wildman–Crippen LogP) is 1.95. The predicted molar refractivity (Wildman–Crippen MR) is 117 cm³/mol. The van der Waals surface area contributed by atoms with Crippen LogP contribution in [0, 0.1) is 0 Å². The average Bonchev–Trinajstić information content (AvgIpc) is 2.73. The van der Waals surface area contributed by atoms with Crippen LogP contribution in [-0.2, 0) is 17.6 Å². The summed E-state index contributed by atoms with van der Waals surface area (Å²) in [5.41, 5.74) is 3.73. The zero-order valence-corrected chi connectivity index (χ0v) is 17.2. The van der Waals surface area contributed by atoms with Gasteiger partial charge in [-0.3, -0.25) is 14.6 Å². The highest BCUT2D eigenvalue weighted by atomic mass is 16.2. The van der Waals surface area contributed by atoms with Gasteiger partial charge in [0.05, 0.1) is 0 Å². The number of aliphatic imine (C=N–C) groups is 1. The molecule has 7 nitrogen and oxygen atoms in total. The van der Waals surface area contributed by atoms with E-state index in [1.165, 1.54) is 12.5 Å². The first kappa shape index (κ1) is 21.9. The van der Waals surface area contributed by atoms with Gasteiger partial charge in [0, 0.05) is 45.4 Å². The molecular weight excluding hydrogens is 366 g/mol. The van der Waals surface area contributed by atoms with E-state index in [0.29, 0.717) is 12.1 Å². The second-order valence-corrected chi connectivity index (χ2v) is 6.58. The summed E-state index contributed by atoms with van der Waals surface area (Å²) in [6.07, 6.45) is 1.63. The molecule has 0 aliphatic rings. The standard InChI is InChI=1S/C22H29N5O2/c1-16(28)27-20-9-7-17(8-10-20)11-13-25-22(24-3)26-14-12-18-5-4-6-19(15-18)21(29)23-2/h4-10,15H,11-14H2,1-3H3,(H,23,29)(H,27,28)(H2,24,25,26). The molecule has 0 aliphatic carbocycles. The summed E-state index contributed by atoms with van der Waals surface area (Å²) in [7, 11) is 3.37. The van der Waals surface area contributed by atoms with Crippen molar-refractivity contribution in [2.24, 2.45) is 4.99 Å². The van der Waals surface area contributed by atoms with Crippen LogP contribution in [0.25, 0.3) is 0 Å². The van der Waals surface area contributed by atoms with Crippen molar-refractivity contribution in [2.75, 3.05) is 32.5 Å². The molecule has 2 rings (SSSR count). The number of rotatable bonds is 8. The molecule has 0 unspecified atom stereocenters. The second kappa shape index (κ2) is 11.5. The van der Waals surface area contributed by atoms with E-state index in [2.05, 4.69) is 26.3 Å². The monoisotopic (exact) mass is 395 g/mol. The maximum absolute atomic E-state index is 11.7. The molecule has 29 heavy (non-hydrogen) atoms. The Morgan fingerprint density at radius 3 is 2.17 bits per heavy atom. The first-order valence-corrected chi connectivity index (χ1v) is 9.64. The third kappa shape index (κ3) is 7.65. The molecule has 2 amide bonds. The summed E-state index contributed by atoms with van der Waals surface area (Å²) in [5.74, 6) is 0.583. The number of hydrogen-bond acceptors (Lipinski definition) is 3. The highest BCUT2D eigenvalue weighted by molar-refractivity contribution is 5.94. The Morgan fingerprint density at radius 1 is 0.931 bits per heavy atom. The van der Waals surface area contributed by atoms with E-state index in [9.17, 15) is 9.59 Å². The van der Waals surface area contributed by atoms with E-state index in [4.69, 9.17) is 0 Å². The Labute approximate surface area is 172 Å². The minimum absolute atomic E-state index is 0.0744. The van der Waals surface area contributed by atoms with Crippen molar-refractivity contribution in [3.8, 4) is 0 Å². The first-order chi connectivity index (χ1) is 14.0. The molecular formula is C22H29N5O2. The molecule has 0 radical (unpaired) electrons. The van der Waals surface area contributed by atoms with Crippen molar-refractivity contribution >= 4 is 23.5 Å². The fourth-order valence-corrected chi connectivity index (χ4v) is 2.84. The third-order valence-electron chi connectivity index (χ3n) is 4.33. The number of benzene rings is 2. The normalized spacial score (nSPS) is 10.9. The number of carbonyl (C=O) groups excluding carboxylic acids is 2. The van der Waals surface area contributed by atoms with Gasteiger partial charge in [-0.15, -0.1) is 0 Å². The quantitative estimate of drug-likeness (QED) is 0.406. The van der Waals surface area contributed by atoms with Gasteiger partial charge < -0.3 is 21.3 Å². The van der Waals surface area contributed by atoms with Gasteiger partial charge in [0.25, 0.3) is 5.91 Å². The Bertz CT molecular complexity index is 847. The lowest BCUT2D eigenvalue weighted by atomic mass is 10.1.